The van der Waals surface area contributed by atoms with Gasteiger partial charge in [0.2, 0.25) is 0 Å². The van der Waals surface area contributed by atoms with Crippen LogP contribution in [0, 0.1) is 0 Å². The summed E-state index contributed by atoms with van der Waals surface area (Å²) in [6.07, 6.45) is 12.0. The molecule has 2 heterocycles. The lowest BCUT2D eigenvalue weighted by atomic mass is 9.85. The molecule has 222 valence electrons. The molecule has 0 saturated carbocycles. The molecule has 0 radical (unpaired) electrons. The fraction of sp³-hybridized carbons (Fsp3) is 0.567. The number of pyridine rings is 1. The number of rotatable bonds is 16. The number of nitrogens with zero attached hydrogens (tertiary/aromatic N) is 2. The maximum Gasteiger partial charge on any atom is 0.303 e. The van der Waals surface area contributed by atoms with Gasteiger partial charge in [-0.3, -0.25) is 14.6 Å². The highest BCUT2D eigenvalue weighted by atomic mass is 32.2. The summed E-state index contributed by atoms with van der Waals surface area (Å²) in [4.78, 5) is 27.8. The molecular weight excluding hydrogens is 532 g/mol. The van der Waals surface area contributed by atoms with Crippen molar-refractivity contribution in [1.82, 2.24) is 9.88 Å². The van der Waals surface area contributed by atoms with Crippen molar-refractivity contribution in [2.75, 3.05) is 32.5 Å². The van der Waals surface area contributed by atoms with E-state index in [9.17, 15) is 19.8 Å². The van der Waals surface area contributed by atoms with E-state index in [0.717, 1.165) is 62.9 Å². The summed E-state index contributed by atoms with van der Waals surface area (Å²) >= 11 is 1.69. The molecule has 40 heavy (non-hydrogen) atoms. The molecule has 10 heteroatoms. The standard InChI is InChI=1S/C20H26N2O3S.C10H18O4/c1-26-19-6-4-18(5-7-19)25-15-17(23)14-22-11-8-20(24,9-12-22)16-3-2-10-21-13-16;11-9(12)7-5-3-1-2-4-6-8-10(13)14/h2-7,10,13,17,23-24H,8-9,11-12,14-15H2,1H3;1-8H2,(H,11,12)(H,13,14). The van der Waals surface area contributed by atoms with Crippen LogP contribution in [0.4, 0.5) is 0 Å². The van der Waals surface area contributed by atoms with Crippen LogP contribution in [-0.2, 0) is 15.2 Å². The van der Waals surface area contributed by atoms with Gasteiger partial charge in [-0.05, 0) is 62.3 Å². The van der Waals surface area contributed by atoms with Crippen molar-refractivity contribution >= 4 is 23.7 Å². The number of aliphatic hydroxyl groups excluding tert-OH is 1. The zero-order valence-electron chi connectivity index (χ0n) is 23.4. The predicted molar refractivity (Wildman–Crippen MR) is 156 cm³/mol. The SMILES string of the molecule is CSc1ccc(OCC(O)CN2CCC(O)(c3cccnc3)CC2)cc1.O=C(O)CCCCCCCCC(=O)O. The Morgan fingerprint density at radius 2 is 1.55 bits per heavy atom. The van der Waals surface area contributed by atoms with Crippen LogP contribution in [0.1, 0.15) is 69.8 Å². The van der Waals surface area contributed by atoms with Gasteiger partial charge in [0.25, 0.3) is 0 Å². The van der Waals surface area contributed by atoms with E-state index in [4.69, 9.17) is 14.9 Å². The maximum atomic E-state index is 10.8. The van der Waals surface area contributed by atoms with Crippen LogP contribution < -0.4 is 4.74 Å². The second-order valence-electron chi connectivity index (χ2n) is 10.1. The molecule has 3 rings (SSSR count). The number of carbonyl (C=O) groups is 2. The maximum absolute atomic E-state index is 10.8. The Morgan fingerprint density at radius 1 is 0.975 bits per heavy atom. The van der Waals surface area contributed by atoms with Gasteiger partial charge in [-0.2, -0.15) is 0 Å². The van der Waals surface area contributed by atoms with Crippen molar-refractivity contribution < 1.29 is 34.8 Å². The fourth-order valence-corrected chi connectivity index (χ4v) is 4.92. The fourth-order valence-electron chi connectivity index (χ4n) is 4.51. The molecule has 0 amide bonds. The molecule has 1 aliphatic heterocycles. The summed E-state index contributed by atoms with van der Waals surface area (Å²) in [5, 5.41) is 37.8. The lowest BCUT2D eigenvalue weighted by Gasteiger charge is -2.39. The second kappa shape index (κ2) is 18.6. The Morgan fingerprint density at radius 3 is 2.05 bits per heavy atom. The minimum Gasteiger partial charge on any atom is -0.491 e. The van der Waals surface area contributed by atoms with E-state index in [-0.39, 0.29) is 19.4 Å². The Hall–Kier alpha value is -2.66. The third-order valence-electron chi connectivity index (χ3n) is 6.88. The number of benzene rings is 1. The van der Waals surface area contributed by atoms with Crippen LogP contribution in [0.5, 0.6) is 5.75 Å². The van der Waals surface area contributed by atoms with Gasteiger partial charge in [0, 0.05) is 55.3 Å². The average molecular weight is 577 g/mol. The Labute approximate surface area is 241 Å². The number of hydrogen-bond donors (Lipinski definition) is 4. The first-order valence-electron chi connectivity index (χ1n) is 14.0. The van der Waals surface area contributed by atoms with E-state index in [1.807, 2.05) is 42.7 Å². The highest BCUT2D eigenvalue weighted by Crippen LogP contribution is 2.32. The summed E-state index contributed by atoms with van der Waals surface area (Å²) in [5.41, 5.74) is 0.0582. The number of aliphatic hydroxyl groups is 2. The topological polar surface area (TPSA) is 140 Å². The summed E-state index contributed by atoms with van der Waals surface area (Å²) < 4.78 is 5.68. The number of aromatic nitrogens is 1. The van der Waals surface area contributed by atoms with Crippen molar-refractivity contribution in [3.63, 3.8) is 0 Å². The van der Waals surface area contributed by atoms with Crippen LogP contribution >= 0.6 is 11.8 Å². The number of β-amino-alcohol motifs (C(OH)–C–C–N with tert-alkyl or cyclic N) is 1. The molecule has 1 saturated heterocycles. The normalized spacial score (nSPS) is 15.5. The Bertz CT molecular complexity index is 963. The zero-order chi connectivity index (χ0) is 29.2. The van der Waals surface area contributed by atoms with E-state index in [2.05, 4.69) is 9.88 Å². The third kappa shape index (κ3) is 13.6. The van der Waals surface area contributed by atoms with Crippen LogP contribution in [0.2, 0.25) is 0 Å². The molecule has 0 aliphatic carbocycles. The van der Waals surface area contributed by atoms with E-state index < -0.39 is 23.6 Å². The summed E-state index contributed by atoms with van der Waals surface area (Å²) in [7, 11) is 0. The first-order valence-corrected chi connectivity index (χ1v) is 15.2. The van der Waals surface area contributed by atoms with Gasteiger partial charge in [0.1, 0.15) is 18.5 Å². The molecule has 1 fully saturated rings. The summed E-state index contributed by atoms with van der Waals surface area (Å²) in [6, 6.07) is 11.6. The number of ether oxygens (including phenoxy) is 1. The quantitative estimate of drug-likeness (QED) is 0.163. The molecule has 1 aliphatic rings. The number of carboxylic acids is 2. The molecule has 1 aromatic carbocycles. The van der Waals surface area contributed by atoms with E-state index in [0.29, 0.717) is 19.4 Å². The first-order chi connectivity index (χ1) is 19.2. The van der Waals surface area contributed by atoms with Gasteiger partial charge in [0.15, 0.2) is 0 Å². The number of aliphatic carboxylic acids is 2. The molecule has 2 aromatic rings. The van der Waals surface area contributed by atoms with Gasteiger partial charge in [0.05, 0.1) is 5.60 Å². The predicted octanol–water partition coefficient (Wildman–Crippen LogP) is 4.80. The van der Waals surface area contributed by atoms with Crippen molar-refractivity contribution in [1.29, 1.82) is 0 Å². The summed E-state index contributed by atoms with van der Waals surface area (Å²) in [5.74, 6) is -0.710. The van der Waals surface area contributed by atoms with E-state index in [1.165, 1.54) is 4.90 Å². The van der Waals surface area contributed by atoms with E-state index in [1.54, 1.807) is 24.2 Å². The minimum absolute atomic E-state index is 0.245. The van der Waals surface area contributed by atoms with Crippen LogP contribution in [0.15, 0.2) is 53.7 Å². The first kappa shape index (κ1) is 33.5. The molecule has 1 atom stereocenters. The Kier molecular flexibility index (Phi) is 15.6. The second-order valence-corrected chi connectivity index (χ2v) is 11.0. The average Bonchev–Trinajstić information content (AvgIpc) is 2.95. The number of carboxylic acid groups (broad SMARTS) is 2. The smallest absolute Gasteiger partial charge is 0.303 e. The molecule has 1 aromatic heterocycles. The Balaban J connectivity index is 0.000000342. The van der Waals surface area contributed by atoms with Crippen molar-refractivity contribution in [3.05, 3.63) is 54.4 Å². The minimum atomic E-state index is -0.814. The van der Waals surface area contributed by atoms with Gasteiger partial charge in [-0.25, -0.2) is 0 Å². The summed E-state index contributed by atoms with van der Waals surface area (Å²) in [6.45, 7) is 2.30. The molecule has 9 nitrogen and oxygen atoms in total. The van der Waals surface area contributed by atoms with Gasteiger partial charge >= 0.3 is 11.9 Å². The van der Waals surface area contributed by atoms with Crippen LogP contribution in [-0.4, -0.2) is 80.8 Å². The highest BCUT2D eigenvalue weighted by Gasteiger charge is 2.34. The van der Waals surface area contributed by atoms with Crippen molar-refractivity contribution in [3.8, 4) is 5.75 Å². The van der Waals surface area contributed by atoms with Crippen molar-refractivity contribution in [2.45, 2.75) is 80.8 Å². The molecule has 4 N–H and O–H groups in total. The molecule has 1 unspecified atom stereocenters. The van der Waals surface area contributed by atoms with Crippen LogP contribution in [0.3, 0.4) is 0 Å². The molecular formula is C30H44N2O7S. The van der Waals surface area contributed by atoms with Crippen LogP contribution in [0.25, 0.3) is 0 Å². The van der Waals surface area contributed by atoms with Gasteiger partial charge < -0.3 is 30.1 Å². The van der Waals surface area contributed by atoms with Gasteiger partial charge in [-0.15, -0.1) is 11.8 Å². The van der Waals surface area contributed by atoms with Gasteiger partial charge in [-0.1, -0.05) is 31.7 Å². The number of hydrogen-bond acceptors (Lipinski definition) is 8. The number of likely N-dealkylation sites (tertiary alicyclic amines) is 1. The number of unbranched alkanes of at least 4 members (excludes halogenated alkanes) is 5. The monoisotopic (exact) mass is 576 g/mol. The molecule has 0 bridgehead atoms. The zero-order valence-corrected chi connectivity index (χ0v) is 24.2. The highest BCUT2D eigenvalue weighted by molar-refractivity contribution is 7.98. The van der Waals surface area contributed by atoms with E-state index >= 15 is 0 Å². The number of piperidine rings is 1. The lowest BCUT2D eigenvalue weighted by Crippen LogP contribution is -2.46. The van der Waals surface area contributed by atoms with Crippen molar-refractivity contribution in [2.24, 2.45) is 0 Å². The lowest BCUT2D eigenvalue weighted by molar-refractivity contribution is -0.138. The third-order valence-corrected chi connectivity index (χ3v) is 7.63. The number of thioether (sulfide) groups is 1. The molecule has 0 spiro atoms. The largest absolute Gasteiger partial charge is 0.491 e.